The number of benzene rings is 5. The molecule has 1 radical (unpaired) electrons. The molecule has 0 saturated carbocycles. The monoisotopic (exact) mass is 744 g/mol. The van der Waals surface area contributed by atoms with Crippen molar-refractivity contribution in [2.24, 2.45) is 0 Å². The Kier molecular flexibility index (Phi) is 7.64. The van der Waals surface area contributed by atoms with Gasteiger partial charge in [0.15, 0.2) is 0 Å². The van der Waals surface area contributed by atoms with Gasteiger partial charge in [0.05, 0.1) is 5.82 Å². The van der Waals surface area contributed by atoms with Crippen LogP contribution in [0.15, 0.2) is 109 Å². The molecule has 0 aliphatic heterocycles. The van der Waals surface area contributed by atoms with E-state index in [0.717, 1.165) is 54.0 Å². The van der Waals surface area contributed by atoms with Crippen molar-refractivity contribution in [2.75, 3.05) is 0 Å². The average Bonchev–Trinajstić information content (AvgIpc) is 3.08. The first-order valence-electron chi connectivity index (χ1n) is 15.0. The van der Waals surface area contributed by atoms with E-state index in [0.29, 0.717) is 0 Å². The molecule has 0 atom stereocenters. The molecule has 2 aliphatic rings. The van der Waals surface area contributed by atoms with E-state index in [-0.39, 0.29) is 20.1 Å². The minimum atomic E-state index is 0. The summed E-state index contributed by atoms with van der Waals surface area (Å²) in [6.07, 6.45) is 7.87. The molecule has 9 rings (SSSR count). The normalized spacial score (nSPS) is 12.6. The molecular weight excluding hydrogens is 715 g/mol. The fourth-order valence-electron chi connectivity index (χ4n) is 6.76. The van der Waals surface area contributed by atoms with Gasteiger partial charge >= 0.3 is 0 Å². The van der Waals surface area contributed by atoms with Crippen molar-refractivity contribution in [3.8, 4) is 33.8 Å². The van der Waals surface area contributed by atoms with Crippen LogP contribution in [-0.2, 0) is 45.8 Å². The third kappa shape index (κ3) is 5.05. The number of pyridine rings is 1. The SMILES string of the molecule is Cc1cc2c(ccc3ccccc32)c(-c2[c-]c3c4c(c2)CCc2cccc(c2-4)CC3)n1.[Ir].[c-]1ccccc1-c1ncccn1. The van der Waals surface area contributed by atoms with E-state index in [1.54, 1.807) is 18.5 Å². The minimum Gasteiger partial charge on any atom is -0.301 e. The van der Waals surface area contributed by atoms with E-state index in [1.165, 1.54) is 54.9 Å². The molecule has 2 aromatic heterocycles. The Labute approximate surface area is 271 Å². The predicted octanol–water partition coefficient (Wildman–Crippen LogP) is 8.97. The summed E-state index contributed by atoms with van der Waals surface area (Å²) < 4.78 is 0. The second-order valence-corrected chi connectivity index (χ2v) is 11.4. The summed E-state index contributed by atoms with van der Waals surface area (Å²) in [5, 5.41) is 5.08. The Bertz CT molecular complexity index is 2050. The largest absolute Gasteiger partial charge is 0.301 e. The van der Waals surface area contributed by atoms with Crippen LogP contribution in [0.3, 0.4) is 0 Å². The van der Waals surface area contributed by atoms with Gasteiger partial charge in [-0.2, -0.15) is 0 Å². The van der Waals surface area contributed by atoms with Gasteiger partial charge in [-0.15, -0.1) is 64.7 Å². The first-order chi connectivity index (χ1) is 21.2. The van der Waals surface area contributed by atoms with Crippen molar-refractivity contribution < 1.29 is 20.1 Å². The van der Waals surface area contributed by atoms with Crippen LogP contribution in [-0.4, -0.2) is 15.0 Å². The predicted molar refractivity (Wildman–Crippen MR) is 175 cm³/mol. The van der Waals surface area contributed by atoms with Gasteiger partial charge in [0, 0.05) is 38.2 Å². The van der Waals surface area contributed by atoms with Gasteiger partial charge in [-0.3, -0.25) is 9.97 Å². The van der Waals surface area contributed by atoms with Crippen LogP contribution in [0.2, 0.25) is 0 Å². The number of fused-ring (bicyclic) bond motifs is 3. The molecule has 0 bridgehead atoms. The van der Waals surface area contributed by atoms with E-state index in [4.69, 9.17) is 4.98 Å². The third-order valence-corrected chi connectivity index (χ3v) is 8.66. The van der Waals surface area contributed by atoms with Crippen LogP contribution >= 0.6 is 0 Å². The van der Waals surface area contributed by atoms with Crippen LogP contribution in [0.4, 0.5) is 0 Å². The zero-order chi connectivity index (χ0) is 28.8. The van der Waals surface area contributed by atoms with Crippen molar-refractivity contribution in [1.29, 1.82) is 0 Å². The summed E-state index contributed by atoms with van der Waals surface area (Å²) in [7, 11) is 0. The standard InChI is InChI=1S/C30H22N.C10H7N2.Ir/c1-18-15-27-25-8-3-2-5-19(25)13-14-26(27)30(31-18)24-16-22-11-9-20-6-4-7-21-10-12-23(17-24)29(22)28(20)21;1-2-5-9(6-3-1)10-11-7-4-8-12-10;/h2-8,13-16H,9-12H2,1H3;1-5,7-8H;/q2*-1;. The Morgan fingerprint density at radius 3 is 2.20 bits per heavy atom. The molecule has 44 heavy (non-hydrogen) atoms. The Morgan fingerprint density at radius 2 is 1.39 bits per heavy atom. The van der Waals surface area contributed by atoms with Crippen molar-refractivity contribution in [3.63, 3.8) is 0 Å². The van der Waals surface area contributed by atoms with Crippen LogP contribution in [0.25, 0.3) is 55.3 Å². The zero-order valence-electron chi connectivity index (χ0n) is 24.4. The zero-order valence-corrected chi connectivity index (χ0v) is 26.8. The maximum Gasteiger partial charge on any atom is 0.0748 e. The molecule has 4 heteroatoms. The van der Waals surface area contributed by atoms with Gasteiger partial charge in [0.1, 0.15) is 0 Å². The average molecular weight is 744 g/mol. The number of aryl methyl sites for hydroxylation is 5. The summed E-state index contributed by atoms with van der Waals surface area (Å²) in [6.45, 7) is 2.11. The molecule has 2 heterocycles. The van der Waals surface area contributed by atoms with Crippen LogP contribution in [0, 0.1) is 19.1 Å². The van der Waals surface area contributed by atoms with E-state index < -0.39 is 0 Å². The third-order valence-electron chi connectivity index (χ3n) is 8.66. The number of rotatable bonds is 2. The first-order valence-corrected chi connectivity index (χ1v) is 15.0. The summed E-state index contributed by atoms with van der Waals surface area (Å²) in [5.74, 6) is 0.720. The molecular formula is C40H29IrN3-2. The molecule has 5 aromatic carbocycles. The maximum atomic E-state index is 5.03. The van der Waals surface area contributed by atoms with Crippen molar-refractivity contribution >= 4 is 21.5 Å². The van der Waals surface area contributed by atoms with Crippen molar-refractivity contribution in [1.82, 2.24) is 15.0 Å². The van der Waals surface area contributed by atoms with Crippen LogP contribution in [0.1, 0.15) is 27.9 Å². The maximum absolute atomic E-state index is 5.03. The second kappa shape index (κ2) is 11.9. The Balaban J connectivity index is 0.000000203. The topological polar surface area (TPSA) is 38.7 Å². The van der Waals surface area contributed by atoms with Crippen LogP contribution in [0.5, 0.6) is 0 Å². The summed E-state index contributed by atoms with van der Waals surface area (Å²) in [6, 6.07) is 40.9. The van der Waals surface area contributed by atoms with Gasteiger partial charge in [-0.05, 0) is 83.1 Å². The fourth-order valence-corrected chi connectivity index (χ4v) is 6.76. The molecule has 0 fully saturated rings. The summed E-state index contributed by atoms with van der Waals surface area (Å²) >= 11 is 0. The Morgan fingerprint density at radius 1 is 0.614 bits per heavy atom. The molecule has 2 aliphatic carbocycles. The molecule has 0 amide bonds. The molecule has 215 valence electrons. The number of aromatic nitrogens is 3. The molecule has 3 nitrogen and oxygen atoms in total. The molecule has 7 aromatic rings. The van der Waals surface area contributed by atoms with Gasteiger partial charge in [-0.25, -0.2) is 0 Å². The second-order valence-electron chi connectivity index (χ2n) is 11.4. The molecule has 0 spiro atoms. The quantitative estimate of drug-likeness (QED) is 0.131. The van der Waals surface area contributed by atoms with Gasteiger partial charge in [0.25, 0.3) is 0 Å². The van der Waals surface area contributed by atoms with Gasteiger partial charge < -0.3 is 4.98 Å². The summed E-state index contributed by atoms with van der Waals surface area (Å²) in [4.78, 5) is 13.2. The minimum absolute atomic E-state index is 0. The van der Waals surface area contributed by atoms with E-state index >= 15 is 0 Å². The fraction of sp³-hybridized carbons (Fsp3) is 0.125. The van der Waals surface area contributed by atoms with Crippen molar-refractivity contribution in [3.05, 3.63) is 150 Å². The number of nitrogens with zero attached hydrogens (tertiary/aromatic N) is 3. The van der Waals surface area contributed by atoms with E-state index in [2.05, 4.69) is 95.8 Å². The van der Waals surface area contributed by atoms with Gasteiger partial charge in [-0.1, -0.05) is 65.7 Å². The van der Waals surface area contributed by atoms with E-state index in [1.807, 2.05) is 24.3 Å². The van der Waals surface area contributed by atoms with Crippen molar-refractivity contribution in [2.45, 2.75) is 32.6 Å². The van der Waals surface area contributed by atoms with Gasteiger partial charge in [0.2, 0.25) is 0 Å². The molecule has 0 saturated heterocycles. The van der Waals surface area contributed by atoms with E-state index in [9.17, 15) is 0 Å². The summed E-state index contributed by atoms with van der Waals surface area (Å²) in [5.41, 5.74) is 13.1. The number of hydrogen-bond acceptors (Lipinski definition) is 3. The molecule has 0 unspecified atom stereocenters. The molecule has 0 N–H and O–H groups in total. The number of hydrogen-bond donors (Lipinski definition) is 0. The first kappa shape index (κ1) is 28.3. The smallest absolute Gasteiger partial charge is 0.0748 e. The van der Waals surface area contributed by atoms with Crippen LogP contribution < -0.4 is 0 Å². The Hall–Kier alpha value is -4.50.